The van der Waals surface area contributed by atoms with E-state index in [4.69, 9.17) is 22.1 Å². The third-order valence-electron chi connectivity index (χ3n) is 2.40. The van der Waals surface area contributed by atoms with Crippen molar-refractivity contribution in [3.8, 4) is 0 Å². The summed E-state index contributed by atoms with van der Waals surface area (Å²) in [6.45, 7) is 1.42. The maximum atomic E-state index is 11.8. The molecular weight excluding hydrogens is 274 g/mol. The van der Waals surface area contributed by atoms with Crippen molar-refractivity contribution in [2.75, 3.05) is 0 Å². The van der Waals surface area contributed by atoms with Gasteiger partial charge in [-0.15, -0.1) is 11.3 Å². The fourth-order valence-electron chi connectivity index (χ4n) is 1.42. The van der Waals surface area contributed by atoms with Crippen LogP contribution in [0.15, 0.2) is 24.3 Å². The van der Waals surface area contributed by atoms with Crippen LogP contribution in [-0.2, 0) is 9.53 Å². The van der Waals surface area contributed by atoms with Crippen LogP contribution in [0.2, 0.25) is 5.02 Å². The molecule has 0 aliphatic rings. The van der Waals surface area contributed by atoms with Gasteiger partial charge >= 0.3 is 5.97 Å². The molecule has 4 nitrogen and oxygen atoms in total. The van der Waals surface area contributed by atoms with Crippen LogP contribution >= 0.6 is 22.9 Å². The normalized spacial score (nSPS) is 12.3. The van der Waals surface area contributed by atoms with Gasteiger partial charge in [-0.1, -0.05) is 29.8 Å². The molecule has 0 fully saturated rings. The molecular formula is C12H10ClNO3S. The largest absolute Gasteiger partial charge is 0.448 e. The number of amides is 1. The van der Waals surface area contributed by atoms with E-state index in [0.29, 0.717) is 5.02 Å². The quantitative estimate of drug-likeness (QED) is 0.880. The van der Waals surface area contributed by atoms with Gasteiger partial charge in [0.05, 0.1) is 5.02 Å². The highest BCUT2D eigenvalue weighted by Crippen LogP contribution is 2.35. The number of thiophene rings is 1. The Kier molecular flexibility index (Phi) is 3.54. The van der Waals surface area contributed by atoms with E-state index < -0.39 is 18.0 Å². The van der Waals surface area contributed by atoms with Gasteiger partial charge in [0.1, 0.15) is 4.88 Å². The molecule has 18 heavy (non-hydrogen) atoms. The number of esters is 1. The van der Waals surface area contributed by atoms with Crippen molar-refractivity contribution in [1.82, 2.24) is 0 Å². The van der Waals surface area contributed by atoms with Crippen molar-refractivity contribution in [1.29, 1.82) is 0 Å². The Morgan fingerprint density at radius 1 is 1.39 bits per heavy atom. The fraction of sp³-hybridized carbons (Fsp3) is 0.167. The summed E-state index contributed by atoms with van der Waals surface area (Å²) in [6, 6.07) is 7.38. The molecule has 6 heteroatoms. The third-order valence-corrected chi connectivity index (χ3v) is 4.06. The van der Waals surface area contributed by atoms with Crippen molar-refractivity contribution in [3.63, 3.8) is 0 Å². The monoisotopic (exact) mass is 283 g/mol. The Morgan fingerprint density at radius 3 is 2.67 bits per heavy atom. The Labute approximate surface area is 112 Å². The summed E-state index contributed by atoms with van der Waals surface area (Å²) in [7, 11) is 0. The lowest BCUT2D eigenvalue weighted by Gasteiger charge is -2.08. The zero-order valence-corrected chi connectivity index (χ0v) is 11.0. The van der Waals surface area contributed by atoms with Gasteiger partial charge in [-0.3, -0.25) is 4.79 Å². The van der Waals surface area contributed by atoms with Crippen LogP contribution in [0.25, 0.3) is 10.1 Å². The number of halogens is 1. The van der Waals surface area contributed by atoms with E-state index in [0.717, 1.165) is 10.1 Å². The highest BCUT2D eigenvalue weighted by Gasteiger charge is 2.21. The minimum atomic E-state index is -0.973. The summed E-state index contributed by atoms with van der Waals surface area (Å²) in [4.78, 5) is 23.0. The lowest BCUT2D eigenvalue weighted by molar-refractivity contribution is -0.125. The van der Waals surface area contributed by atoms with Crippen LogP contribution in [0.1, 0.15) is 16.6 Å². The first-order valence-electron chi connectivity index (χ1n) is 5.18. The van der Waals surface area contributed by atoms with Crippen LogP contribution < -0.4 is 5.73 Å². The van der Waals surface area contributed by atoms with E-state index in [9.17, 15) is 9.59 Å². The lowest BCUT2D eigenvalue weighted by atomic mass is 10.2. The van der Waals surface area contributed by atoms with Crippen LogP contribution in [0.5, 0.6) is 0 Å². The van der Waals surface area contributed by atoms with E-state index >= 15 is 0 Å². The molecule has 2 N–H and O–H groups in total. The molecule has 1 aromatic carbocycles. The van der Waals surface area contributed by atoms with Gasteiger partial charge in [0.15, 0.2) is 6.10 Å². The highest BCUT2D eigenvalue weighted by molar-refractivity contribution is 7.21. The van der Waals surface area contributed by atoms with E-state index in [1.165, 1.54) is 18.3 Å². The van der Waals surface area contributed by atoms with Crippen molar-refractivity contribution < 1.29 is 14.3 Å². The average Bonchev–Trinajstić information content (AvgIpc) is 2.67. The second-order valence-electron chi connectivity index (χ2n) is 3.69. The number of primary amides is 1. The lowest BCUT2D eigenvalue weighted by Crippen LogP contribution is -2.30. The number of rotatable bonds is 3. The first kappa shape index (κ1) is 12.9. The maximum absolute atomic E-state index is 11.8. The van der Waals surface area contributed by atoms with Gasteiger partial charge in [0, 0.05) is 10.1 Å². The van der Waals surface area contributed by atoms with Crippen molar-refractivity contribution in [2.45, 2.75) is 13.0 Å². The standard InChI is InChI=1S/C12H10ClNO3S/c1-6(11(14)15)17-12(16)10-9(13)7-4-2-3-5-8(7)18-10/h2-6H,1H3,(H2,14,15). The molecule has 0 saturated carbocycles. The molecule has 2 rings (SSSR count). The number of fused-ring (bicyclic) bond motifs is 1. The molecule has 0 saturated heterocycles. The van der Waals surface area contributed by atoms with E-state index in [1.807, 2.05) is 24.3 Å². The predicted octanol–water partition coefficient (Wildman–Crippen LogP) is 2.59. The highest BCUT2D eigenvalue weighted by atomic mass is 35.5. The molecule has 0 radical (unpaired) electrons. The van der Waals surface area contributed by atoms with Gasteiger partial charge in [0.25, 0.3) is 5.91 Å². The average molecular weight is 284 g/mol. The van der Waals surface area contributed by atoms with E-state index in [1.54, 1.807) is 0 Å². The SMILES string of the molecule is CC(OC(=O)c1sc2ccccc2c1Cl)C(N)=O. The number of ether oxygens (including phenoxy) is 1. The molecule has 0 aliphatic carbocycles. The summed E-state index contributed by atoms with van der Waals surface area (Å²) >= 11 is 7.34. The molecule has 1 amide bonds. The summed E-state index contributed by atoms with van der Waals surface area (Å²) in [6.07, 6.45) is -0.973. The number of benzene rings is 1. The number of hydrogen-bond acceptors (Lipinski definition) is 4. The van der Waals surface area contributed by atoms with Crippen LogP contribution in [0, 0.1) is 0 Å². The van der Waals surface area contributed by atoms with Crippen LogP contribution in [0.4, 0.5) is 0 Å². The second-order valence-corrected chi connectivity index (χ2v) is 5.12. The van der Waals surface area contributed by atoms with Gasteiger partial charge in [-0.25, -0.2) is 4.79 Å². The molecule has 0 spiro atoms. The van der Waals surface area contributed by atoms with Gasteiger partial charge in [-0.2, -0.15) is 0 Å². The van der Waals surface area contributed by atoms with Crippen molar-refractivity contribution >= 4 is 44.9 Å². The summed E-state index contributed by atoms with van der Waals surface area (Å²) < 4.78 is 5.81. The minimum absolute atomic E-state index is 0.283. The van der Waals surface area contributed by atoms with Crippen molar-refractivity contribution in [3.05, 3.63) is 34.2 Å². The summed E-state index contributed by atoms with van der Waals surface area (Å²) in [5.74, 6) is -1.33. The molecule has 94 valence electrons. The molecule has 1 atom stereocenters. The molecule has 0 aliphatic heterocycles. The summed E-state index contributed by atoms with van der Waals surface area (Å²) in [5, 5.41) is 1.14. The molecule has 1 aromatic heterocycles. The molecule has 2 aromatic rings. The smallest absolute Gasteiger partial charge is 0.350 e. The summed E-state index contributed by atoms with van der Waals surface area (Å²) in [5.41, 5.74) is 5.03. The Hall–Kier alpha value is -1.59. The Morgan fingerprint density at radius 2 is 2.06 bits per heavy atom. The number of carbonyl (C=O) groups is 2. The first-order chi connectivity index (χ1) is 8.50. The molecule has 1 unspecified atom stereocenters. The van der Waals surface area contributed by atoms with Crippen LogP contribution in [-0.4, -0.2) is 18.0 Å². The zero-order valence-electron chi connectivity index (χ0n) is 9.48. The van der Waals surface area contributed by atoms with E-state index in [-0.39, 0.29) is 4.88 Å². The van der Waals surface area contributed by atoms with Crippen molar-refractivity contribution in [2.24, 2.45) is 5.73 Å². The fourth-order valence-corrected chi connectivity index (χ4v) is 2.81. The van der Waals surface area contributed by atoms with Crippen LogP contribution in [0.3, 0.4) is 0 Å². The predicted molar refractivity (Wildman–Crippen MR) is 70.9 cm³/mol. The number of hydrogen-bond donors (Lipinski definition) is 1. The number of nitrogens with two attached hydrogens (primary N) is 1. The Bertz CT molecular complexity index is 623. The molecule has 1 heterocycles. The second kappa shape index (κ2) is 4.96. The van der Waals surface area contributed by atoms with Gasteiger partial charge in [-0.05, 0) is 13.0 Å². The third kappa shape index (κ3) is 2.32. The van der Waals surface area contributed by atoms with Gasteiger partial charge < -0.3 is 10.5 Å². The molecule has 0 bridgehead atoms. The maximum Gasteiger partial charge on any atom is 0.350 e. The Balaban J connectivity index is 2.34. The number of carbonyl (C=O) groups excluding carboxylic acids is 2. The minimum Gasteiger partial charge on any atom is -0.448 e. The van der Waals surface area contributed by atoms with E-state index in [2.05, 4.69) is 0 Å². The topological polar surface area (TPSA) is 69.4 Å². The van der Waals surface area contributed by atoms with Gasteiger partial charge in [0.2, 0.25) is 0 Å². The first-order valence-corrected chi connectivity index (χ1v) is 6.37. The zero-order chi connectivity index (χ0) is 13.3.